The minimum Gasteiger partial charge on any atom is -0.487 e. The minimum absolute atomic E-state index is 0.113. The third-order valence-electron chi connectivity index (χ3n) is 2.39. The van der Waals surface area contributed by atoms with Crippen LogP contribution in [0.15, 0.2) is 18.2 Å². The normalized spacial score (nSPS) is 11.5. The van der Waals surface area contributed by atoms with Crippen LogP contribution in [0.4, 0.5) is 11.4 Å². The van der Waals surface area contributed by atoms with E-state index in [1.807, 2.05) is 0 Å². The van der Waals surface area contributed by atoms with Gasteiger partial charge in [0.2, 0.25) is 0 Å². The first kappa shape index (κ1) is 14.7. The Morgan fingerprint density at radius 1 is 1.53 bits per heavy atom. The van der Waals surface area contributed by atoms with Crippen LogP contribution in [0.25, 0.3) is 0 Å². The summed E-state index contributed by atoms with van der Waals surface area (Å²) in [6, 6.07) is 3.78. The third-order valence-corrected chi connectivity index (χ3v) is 2.39. The molecular formula is C12H16N2O5. The van der Waals surface area contributed by atoms with Crippen molar-refractivity contribution in [2.75, 3.05) is 19.0 Å². The predicted molar refractivity (Wildman–Crippen MR) is 69.4 cm³/mol. The number of carbonyl (C=O) groups is 1. The summed E-state index contributed by atoms with van der Waals surface area (Å²) in [5.41, 5.74) is 0.435. The summed E-state index contributed by atoms with van der Waals surface area (Å²) >= 11 is 0. The highest BCUT2D eigenvalue weighted by molar-refractivity contribution is 5.79. The number of carbonyl (C=O) groups excluding carboxylic acids is 1. The molecule has 7 nitrogen and oxygen atoms in total. The quantitative estimate of drug-likeness (QED) is 0.482. The number of benzene rings is 1. The van der Waals surface area contributed by atoms with Crippen molar-refractivity contribution in [2.45, 2.75) is 19.9 Å². The Morgan fingerprint density at radius 3 is 2.74 bits per heavy atom. The van der Waals surface area contributed by atoms with Crippen LogP contribution in [-0.4, -0.2) is 30.7 Å². The van der Waals surface area contributed by atoms with E-state index in [1.165, 1.54) is 25.3 Å². The summed E-state index contributed by atoms with van der Waals surface area (Å²) < 4.78 is 9.79. The Kier molecular flexibility index (Phi) is 5.11. The second-order valence-corrected chi connectivity index (χ2v) is 3.76. The smallest absolute Gasteiger partial charge is 0.327 e. The highest BCUT2D eigenvalue weighted by Gasteiger charge is 2.18. The van der Waals surface area contributed by atoms with Crippen molar-refractivity contribution in [3.05, 3.63) is 28.3 Å². The summed E-state index contributed by atoms with van der Waals surface area (Å²) in [7, 11) is 1.29. The molecule has 1 N–H and O–H groups in total. The van der Waals surface area contributed by atoms with Gasteiger partial charge in [0.25, 0.3) is 0 Å². The van der Waals surface area contributed by atoms with Crippen LogP contribution in [0.3, 0.4) is 0 Å². The molecule has 0 saturated heterocycles. The molecule has 0 bridgehead atoms. The number of rotatable bonds is 6. The Morgan fingerprint density at radius 2 is 2.21 bits per heavy atom. The van der Waals surface area contributed by atoms with Crippen molar-refractivity contribution >= 4 is 17.3 Å². The van der Waals surface area contributed by atoms with E-state index in [0.29, 0.717) is 12.3 Å². The number of methoxy groups -OCH3 is 1. The van der Waals surface area contributed by atoms with Gasteiger partial charge >= 0.3 is 11.7 Å². The average molecular weight is 268 g/mol. The summed E-state index contributed by atoms with van der Waals surface area (Å²) in [5, 5.41) is 13.7. The molecule has 0 aliphatic heterocycles. The number of anilines is 1. The van der Waals surface area contributed by atoms with E-state index in [1.54, 1.807) is 13.8 Å². The van der Waals surface area contributed by atoms with Crippen LogP contribution in [0.2, 0.25) is 0 Å². The number of hydrogen-bond donors (Lipinski definition) is 1. The van der Waals surface area contributed by atoms with Gasteiger partial charge in [0.05, 0.1) is 18.6 Å². The number of ether oxygens (including phenoxy) is 2. The maximum atomic E-state index is 11.3. The number of nitrogens with one attached hydrogen (secondary N) is 1. The Balaban J connectivity index is 2.95. The molecule has 1 atom stereocenters. The van der Waals surface area contributed by atoms with Crippen LogP contribution < -0.4 is 10.1 Å². The molecule has 7 heteroatoms. The maximum absolute atomic E-state index is 11.3. The zero-order valence-electron chi connectivity index (χ0n) is 11.0. The molecular weight excluding hydrogens is 252 g/mol. The molecule has 0 saturated carbocycles. The van der Waals surface area contributed by atoms with Gasteiger partial charge in [0.1, 0.15) is 6.04 Å². The average Bonchev–Trinajstić information content (AvgIpc) is 2.38. The highest BCUT2D eigenvalue weighted by atomic mass is 16.6. The first-order valence-corrected chi connectivity index (χ1v) is 5.75. The second-order valence-electron chi connectivity index (χ2n) is 3.76. The van der Waals surface area contributed by atoms with Crippen molar-refractivity contribution in [2.24, 2.45) is 0 Å². The van der Waals surface area contributed by atoms with Crippen molar-refractivity contribution < 1.29 is 19.2 Å². The molecule has 0 radical (unpaired) electrons. The fraction of sp³-hybridized carbons (Fsp3) is 0.417. The van der Waals surface area contributed by atoms with Gasteiger partial charge in [0.15, 0.2) is 5.75 Å². The number of nitro groups is 1. The van der Waals surface area contributed by atoms with Crippen molar-refractivity contribution in [1.82, 2.24) is 0 Å². The van der Waals surface area contributed by atoms with Gasteiger partial charge < -0.3 is 14.8 Å². The van der Waals surface area contributed by atoms with Crippen LogP contribution >= 0.6 is 0 Å². The summed E-state index contributed by atoms with van der Waals surface area (Å²) in [6.07, 6.45) is 0. The molecule has 1 aromatic carbocycles. The zero-order chi connectivity index (χ0) is 14.4. The monoisotopic (exact) mass is 268 g/mol. The molecule has 0 heterocycles. The Hall–Kier alpha value is -2.31. The van der Waals surface area contributed by atoms with Crippen LogP contribution in [0.1, 0.15) is 13.8 Å². The first-order chi connectivity index (χ1) is 8.99. The molecule has 1 aromatic rings. The molecule has 0 aliphatic rings. The largest absolute Gasteiger partial charge is 0.487 e. The van der Waals surface area contributed by atoms with Gasteiger partial charge in [-0.2, -0.15) is 0 Å². The Bertz CT molecular complexity index is 475. The lowest BCUT2D eigenvalue weighted by Crippen LogP contribution is -2.27. The number of nitrogens with zero attached hydrogens (tertiary/aromatic N) is 1. The molecule has 1 rings (SSSR count). The van der Waals surface area contributed by atoms with E-state index >= 15 is 0 Å². The van der Waals surface area contributed by atoms with Crippen LogP contribution in [0.5, 0.6) is 5.75 Å². The lowest BCUT2D eigenvalue weighted by Gasteiger charge is -2.13. The standard InChI is InChI=1S/C12H16N2O5/c1-4-19-11-7-9(5-6-10(11)14(16)17)13-8(2)12(15)18-3/h5-8,13H,4H2,1-3H3. The van der Waals surface area contributed by atoms with Gasteiger partial charge in [-0.15, -0.1) is 0 Å². The molecule has 0 fully saturated rings. The predicted octanol–water partition coefficient (Wildman–Crippen LogP) is 1.97. The van der Waals surface area contributed by atoms with E-state index in [0.717, 1.165) is 0 Å². The maximum Gasteiger partial charge on any atom is 0.327 e. The van der Waals surface area contributed by atoms with Crippen LogP contribution in [-0.2, 0) is 9.53 Å². The highest BCUT2D eigenvalue weighted by Crippen LogP contribution is 2.30. The van der Waals surface area contributed by atoms with E-state index in [2.05, 4.69) is 10.1 Å². The SMILES string of the molecule is CCOc1cc(NC(C)C(=O)OC)ccc1[N+](=O)[O-]. The van der Waals surface area contributed by atoms with Gasteiger partial charge in [-0.05, 0) is 19.9 Å². The van der Waals surface area contributed by atoms with Gasteiger partial charge in [-0.25, -0.2) is 4.79 Å². The number of nitro benzene ring substituents is 1. The molecule has 0 amide bonds. The third kappa shape index (κ3) is 3.84. The molecule has 0 aromatic heterocycles. The van der Waals surface area contributed by atoms with E-state index < -0.39 is 16.9 Å². The van der Waals surface area contributed by atoms with Crippen molar-refractivity contribution in [3.8, 4) is 5.75 Å². The number of hydrogen-bond acceptors (Lipinski definition) is 6. The molecule has 104 valence electrons. The van der Waals surface area contributed by atoms with Crippen molar-refractivity contribution in [1.29, 1.82) is 0 Å². The molecule has 19 heavy (non-hydrogen) atoms. The van der Waals surface area contributed by atoms with E-state index in [9.17, 15) is 14.9 Å². The lowest BCUT2D eigenvalue weighted by molar-refractivity contribution is -0.385. The number of esters is 1. The molecule has 0 spiro atoms. The molecule has 1 unspecified atom stereocenters. The first-order valence-electron chi connectivity index (χ1n) is 5.75. The summed E-state index contributed by atoms with van der Waals surface area (Å²) in [5.74, 6) is -0.258. The van der Waals surface area contributed by atoms with Crippen molar-refractivity contribution in [3.63, 3.8) is 0 Å². The fourth-order valence-electron chi connectivity index (χ4n) is 1.51. The topological polar surface area (TPSA) is 90.7 Å². The van der Waals surface area contributed by atoms with Gasteiger partial charge in [-0.1, -0.05) is 0 Å². The van der Waals surface area contributed by atoms with E-state index in [-0.39, 0.29) is 11.4 Å². The summed E-state index contributed by atoms with van der Waals surface area (Å²) in [4.78, 5) is 21.6. The van der Waals surface area contributed by atoms with Gasteiger partial charge in [0, 0.05) is 17.8 Å². The fourth-order valence-corrected chi connectivity index (χ4v) is 1.51. The zero-order valence-corrected chi connectivity index (χ0v) is 11.0. The van der Waals surface area contributed by atoms with E-state index in [4.69, 9.17) is 4.74 Å². The lowest BCUT2D eigenvalue weighted by atomic mass is 10.2. The van der Waals surface area contributed by atoms with Crippen LogP contribution in [0, 0.1) is 10.1 Å². The minimum atomic E-state index is -0.555. The van der Waals surface area contributed by atoms with Gasteiger partial charge in [-0.3, -0.25) is 10.1 Å². The second kappa shape index (κ2) is 6.58. The molecule has 0 aliphatic carbocycles. The Labute approximate surface area is 110 Å². The summed E-state index contributed by atoms with van der Waals surface area (Å²) in [6.45, 7) is 3.69.